The molecule has 0 aliphatic heterocycles. The van der Waals surface area contributed by atoms with Crippen LogP contribution in [0.4, 0.5) is 18.0 Å². The molecule has 1 aromatic carbocycles. The lowest BCUT2D eigenvalue weighted by Gasteiger charge is -2.28. The van der Waals surface area contributed by atoms with Gasteiger partial charge in [-0.2, -0.15) is 13.2 Å². The Hall–Kier alpha value is -1.76. The van der Waals surface area contributed by atoms with Gasteiger partial charge in [0.1, 0.15) is 6.61 Å². The summed E-state index contributed by atoms with van der Waals surface area (Å²) in [5.41, 5.74) is -1.57. The Bertz CT molecular complexity index is 458. The predicted molar refractivity (Wildman–Crippen MR) is 60.7 cm³/mol. The van der Waals surface area contributed by atoms with Crippen molar-refractivity contribution in [1.82, 2.24) is 5.01 Å². The van der Waals surface area contributed by atoms with Crippen molar-refractivity contribution in [2.75, 3.05) is 0 Å². The summed E-state index contributed by atoms with van der Waals surface area (Å²) in [6.45, 7) is -0.110. The van der Waals surface area contributed by atoms with Crippen molar-refractivity contribution < 1.29 is 22.7 Å². The van der Waals surface area contributed by atoms with Gasteiger partial charge in [-0.05, 0) is 18.4 Å². The maximum absolute atomic E-state index is 12.7. The molecule has 1 fully saturated rings. The average Bonchev–Trinajstić information content (AvgIpc) is 3.17. The lowest BCUT2D eigenvalue weighted by atomic mass is 10.2. The van der Waals surface area contributed by atoms with Gasteiger partial charge >= 0.3 is 12.3 Å². The number of ether oxygens (including phenoxy) is 1. The van der Waals surface area contributed by atoms with Crippen LogP contribution in [0.2, 0.25) is 0 Å². The Labute approximate surface area is 107 Å². The Morgan fingerprint density at radius 1 is 1.32 bits per heavy atom. The van der Waals surface area contributed by atoms with E-state index < -0.39 is 17.8 Å². The highest BCUT2D eigenvalue weighted by atomic mass is 19.4. The van der Waals surface area contributed by atoms with Crippen molar-refractivity contribution in [2.24, 2.45) is 5.84 Å². The highest BCUT2D eigenvalue weighted by Crippen LogP contribution is 2.52. The van der Waals surface area contributed by atoms with Gasteiger partial charge < -0.3 is 4.74 Å². The maximum Gasteiger partial charge on any atom is 0.425 e. The van der Waals surface area contributed by atoms with Crippen LogP contribution < -0.4 is 5.84 Å². The molecule has 19 heavy (non-hydrogen) atoms. The van der Waals surface area contributed by atoms with E-state index in [2.05, 4.69) is 0 Å². The second-order valence-electron chi connectivity index (χ2n) is 4.44. The second-order valence-corrected chi connectivity index (χ2v) is 4.44. The second kappa shape index (κ2) is 4.73. The molecule has 0 aromatic heterocycles. The largest absolute Gasteiger partial charge is 0.444 e. The Balaban J connectivity index is 1.94. The van der Waals surface area contributed by atoms with Gasteiger partial charge in [0.25, 0.3) is 0 Å². The van der Waals surface area contributed by atoms with Crippen LogP contribution in [-0.4, -0.2) is 22.8 Å². The van der Waals surface area contributed by atoms with Gasteiger partial charge in [0, 0.05) is 0 Å². The van der Waals surface area contributed by atoms with Crippen LogP contribution in [0.1, 0.15) is 18.4 Å². The Morgan fingerprint density at radius 2 is 1.89 bits per heavy atom. The summed E-state index contributed by atoms with van der Waals surface area (Å²) in [5, 5.41) is 0.163. The summed E-state index contributed by atoms with van der Waals surface area (Å²) in [6, 6.07) is 8.65. The minimum absolute atomic E-state index is 0.110. The molecule has 0 saturated heterocycles. The first-order valence-electron chi connectivity index (χ1n) is 5.69. The molecule has 0 bridgehead atoms. The number of hydrogen-bond acceptors (Lipinski definition) is 3. The number of hydrogen-bond donors (Lipinski definition) is 1. The molecule has 7 heteroatoms. The molecule has 2 rings (SSSR count). The van der Waals surface area contributed by atoms with Crippen LogP contribution in [0.25, 0.3) is 0 Å². The molecule has 1 amide bonds. The normalized spacial score (nSPS) is 16.8. The van der Waals surface area contributed by atoms with E-state index in [-0.39, 0.29) is 24.5 Å². The van der Waals surface area contributed by atoms with E-state index in [1.807, 2.05) is 0 Å². The molecule has 0 heterocycles. The van der Waals surface area contributed by atoms with Gasteiger partial charge in [-0.25, -0.2) is 15.6 Å². The zero-order valence-electron chi connectivity index (χ0n) is 9.98. The van der Waals surface area contributed by atoms with E-state index in [1.165, 1.54) is 0 Å². The number of amides is 1. The van der Waals surface area contributed by atoms with Crippen molar-refractivity contribution >= 4 is 6.09 Å². The first-order chi connectivity index (χ1) is 8.87. The third-order valence-corrected chi connectivity index (χ3v) is 3.11. The van der Waals surface area contributed by atoms with E-state index in [0.29, 0.717) is 5.56 Å². The molecular weight excluding hydrogens is 261 g/mol. The first kappa shape index (κ1) is 13.7. The summed E-state index contributed by atoms with van der Waals surface area (Å²) >= 11 is 0. The molecule has 1 saturated carbocycles. The van der Waals surface area contributed by atoms with Gasteiger partial charge in [0.2, 0.25) is 0 Å². The molecule has 0 atom stereocenters. The highest BCUT2D eigenvalue weighted by molar-refractivity contribution is 5.68. The third-order valence-electron chi connectivity index (χ3n) is 3.11. The lowest BCUT2D eigenvalue weighted by molar-refractivity contribution is -0.191. The topological polar surface area (TPSA) is 55.6 Å². The number of rotatable bonds is 3. The van der Waals surface area contributed by atoms with Crippen molar-refractivity contribution in [3.05, 3.63) is 35.9 Å². The van der Waals surface area contributed by atoms with Crippen LogP contribution >= 0.6 is 0 Å². The van der Waals surface area contributed by atoms with Crippen LogP contribution in [0.3, 0.4) is 0 Å². The standard InChI is InChI=1S/C12H13F3N2O2/c13-12(14,15)11(6-7-11)17(16)10(18)19-8-9-4-2-1-3-5-9/h1-5H,6-8,16H2. The third kappa shape index (κ3) is 2.65. The highest BCUT2D eigenvalue weighted by Gasteiger charge is 2.68. The molecule has 2 N–H and O–H groups in total. The van der Waals surface area contributed by atoms with Gasteiger partial charge in [0.15, 0.2) is 5.54 Å². The molecule has 0 unspecified atom stereocenters. The molecule has 1 aliphatic rings. The number of alkyl halides is 3. The fraction of sp³-hybridized carbons (Fsp3) is 0.417. The van der Waals surface area contributed by atoms with E-state index in [4.69, 9.17) is 10.6 Å². The quantitative estimate of drug-likeness (QED) is 0.523. The van der Waals surface area contributed by atoms with Crippen molar-refractivity contribution in [1.29, 1.82) is 0 Å². The maximum atomic E-state index is 12.7. The summed E-state index contributed by atoms with van der Waals surface area (Å²) < 4.78 is 43.0. The number of halogens is 3. The molecule has 1 aliphatic carbocycles. The van der Waals surface area contributed by atoms with Crippen LogP contribution in [0, 0.1) is 0 Å². The average molecular weight is 274 g/mol. The van der Waals surface area contributed by atoms with Crippen LogP contribution in [0.15, 0.2) is 30.3 Å². The number of nitrogens with zero attached hydrogens (tertiary/aromatic N) is 1. The van der Waals surface area contributed by atoms with Gasteiger partial charge in [-0.1, -0.05) is 30.3 Å². The number of nitrogens with two attached hydrogens (primary N) is 1. The minimum atomic E-state index is -4.53. The monoisotopic (exact) mass is 274 g/mol. The van der Waals surface area contributed by atoms with Gasteiger partial charge in [0.05, 0.1) is 0 Å². The van der Waals surface area contributed by atoms with Gasteiger partial charge in [-0.15, -0.1) is 0 Å². The SMILES string of the molecule is NN(C(=O)OCc1ccccc1)C1(C(F)(F)F)CC1. The molecule has 4 nitrogen and oxygen atoms in total. The zero-order chi connectivity index (χ0) is 14.1. The van der Waals surface area contributed by atoms with Crippen molar-refractivity contribution in [2.45, 2.75) is 31.2 Å². The summed E-state index contributed by atoms with van der Waals surface area (Å²) in [5.74, 6) is 5.25. The molecular formula is C12H13F3N2O2. The Morgan fingerprint density at radius 3 is 2.37 bits per heavy atom. The Kier molecular flexibility index (Phi) is 3.40. The van der Waals surface area contributed by atoms with Crippen molar-refractivity contribution in [3.8, 4) is 0 Å². The molecule has 0 spiro atoms. The van der Waals surface area contributed by atoms with Crippen LogP contribution in [0.5, 0.6) is 0 Å². The zero-order valence-corrected chi connectivity index (χ0v) is 9.98. The van der Waals surface area contributed by atoms with E-state index in [0.717, 1.165) is 0 Å². The van der Waals surface area contributed by atoms with Crippen LogP contribution in [-0.2, 0) is 11.3 Å². The van der Waals surface area contributed by atoms with E-state index in [9.17, 15) is 18.0 Å². The first-order valence-corrected chi connectivity index (χ1v) is 5.69. The summed E-state index contributed by atoms with van der Waals surface area (Å²) in [7, 11) is 0. The number of carbonyl (C=O) groups is 1. The molecule has 1 aromatic rings. The predicted octanol–water partition coefficient (Wildman–Crippen LogP) is 2.59. The fourth-order valence-corrected chi connectivity index (χ4v) is 1.74. The number of benzene rings is 1. The lowest BCUT2D eigenvalue weighted by Crippen LogP contribution is -2.55. The van der Waals surface area contributed by atoms with E-state index in [1.54, 1.807) is 30.3 Å². The fourth-order valence-electron chi connectivity index (χ4n) is 1.74. The number of carbonyl (C=O) groups excluding carboxylic acids is 1. The van der Waals surface area contributed by atoms with Gasteiger partial charge in [-0.3, -0.25) is 0 Å². The summed E-state index contributed by atoms with van der Waals surface area (Å²) in [4.78, 5) is 11.5. The number of hydrazine groups is 1. The molecule has 104 valence electrons. The smallest absolute Gasteiger partial charge is 0.425 e. The minimum Gasteiger partial charge on any atom is -0.444 e. The van der Waals surface area contributed by atoms with E-state index >= 15 is 0 Å². The van der Waals surface area contributed by atoms with Crippen molar-refractivity contribution in [3.63, 3.8) is 0 Å². The summed E-state index contributed by atoms with van der Waals surface area (Å²) in [6.07, 6.45) is -6.08. The molecule has 0 radical (unpaired) electrons.